The molecule has 0 atom stereocenters. The summed E-state index contributed by atoms with van der Waals surface area (Å²) < 4.78 is 11.2. The number of hydrogen-bond acceptors (Lipinski definition) is 6. The fourth-order valence-electron chi connectivity index (χ4n) is 2.56. The third-order valence-corrected chi connectivity index (χ3v) is 4.35. The van der Waals surface area contributed by atoms with Gasteiger partial charge in [-0.25, -0.2) is 5.43 Å². The van der Waals surface area contributed by atoms with Crippen molar-refractivity contribution in [3.8, 4) is 23.0 Å². The van der Waals surface area contributed by atoms with E-state index in [9.17, 15) is 15.0 Å². The number of hydrogen-bond donors (Lipinski definition) is 3. The van der Waals surface area contributed by atoms with Crippen LogP contribution in [0, 0.1) is 0 Å². The van der Waals surface area contributed by atoms with Gasteiger partial charge in [0.25, 0.3) is 5.91 Å². The summed E-state index contributed by atoms with van der Waals surface area (Å²) in [6, 6.07) is 16.2. The number of methoxy groups -OCH3 is 1. The summed E-state index contributed by atoms with van der Waals surface area (Å²) in [5.74, 6) is -0.0266. The molecular weight excluding hydrogens is 408 g/mol. The summed E-state index contributed by atoms with van der Waals surface area (Å²) in [5, 5.41) is 23.5. The zero-order chi connectivity index (χ0) is 21.5. The van der Waals surface area contributed by atoms with Crippen LogP contribution in [0.5, 0.6) is 23.0 Å². The van der Waals surface area contributed by atoms with E-state index in [2.05, 4.69) is 10.5 Å². The Morgan fingerprint density at radius 2 is 1.83 bits per heavy atom. The third-order valence-electron chi connectivity index (χ3n) is 4.10. The van der Waals surface area contributed by atoms with Gasteiger partial charge in [-0.1, -0.05) is 23.7 Å². The molecule has 154 valence electrons. The second-order valence-corrected chi connectivity index (χ2v) is 6.66. The van der Waals surface area contributed by atoms with Crippen LogP contribution < -0.4 is 14.9 Å². The fraction of sp³-hybridized carbons (Fsp3) is 0.0909. The van der Waals surface area contributed by atoms with Gasteiger partial charge in [0.2, 0.25) is 0 Å². The number of nitrogens with zero attached hydrogens (tertiary/aromatic N) is 1. The van der Waals surface area contributed by atoms with Gasteiger partial charge in [-0.2, -0.15) is 5.10 Å². The molecule has 0 unspecified atom stereocenters. The summed E-state index contributed by atoms with van der Waals surface area (Å²) in [4.78, 5) is 12.1. The van der Waals surface area contributed by atoms with Gasteiger partial charge in [0, 0.05) is 11.1 Å². The molecule has 3 aromatic rings. The first kappa shape index (κ1) is 21.0. The molecule has 3 aromatic carbocycles. The Morgan fingerprint density at radius 3 is 2.53 bits per heavy atom. The number of carbonyl (C=O) groups excluding carboxylic acids is 1. The highest BCUT2D eigenvalue weighted by Gasteiger charge is 2.11. The van der Waals surface area contributed by atoms with Crippen LogP contribution in [0.3, 0.4) is 0 Å². The number of aromatic hydroxyl groups is 2. The first-order valence-corrected chi connectivity index (χ1v) is 9.24. The minimum absolute atomic E-state index is 0.00604. The Bertz CT molecular complexity index is 1070. The van der Waals surface area contributed by atoms with E-state index < -0.39 is 5.91 Å². The highest BCUT2D eigenvalue weighted by molar-refractivity contribution is 6.30. The van der Waals surface area contributed by atoms with Crippen molar-refractivity contribution in [2.45, 2.75) is 6.61 Å². The molecule has 0 saturated heterocycles. The molecule has 0 bridgehead atoms. The Balaban J connectivity index is 1.63. The highest BCUT2D eigenvalue weighted by atomic mass is 35.5. The topological polar surface area (TPSA) is 100 Å². The molecule has 0 aliphatic carbocycles. The largest absolute Gasteiger partial charge is 0.508 e. The summed E-state index contributed by atoms with van der Waals surface area (Å²) >= 11 is 5.88. The third kappa shape index (κ3) is 5.42. The lowest BCUT2D eigenvalue weighted by atomic mass is 10.2. The van der Waals surface area contributed by atoms with Crippen molar-refractivity contribution in [3.63, 3.8) is 0 Å². The van der Waals surface area contributed by atoms with E-state index >= 15 is 0 Å². The van der Waals surface area contributed by atoms with Gasteiger partial charge in [0.05, 0.1) is 18.9 Å². The van der Waals surface area contributed by atoms with E-state index in [1.165, 1.54) is 25.5 Å². The van der Waals surface area contributed by atoms with Crippen molar-refractivity contribution < 1.29 is 24.5 Å². The molecule has 1 amide bonds. The molecule has 8 heteroatoms. The second kappa shape index (κ2) is 9.67. The molecule has 7 nitrogen and oxygen atoms in total. The predicted molar refractivity (Wildman–Crippen MR) is 114 cm³/mol. The normalized spacial score (nSPS) is 10.7. The molecular formula is C22H19ClN2O5. The first-order chi connectivity index (χ1) is 14.5. The average Bonchev–Trinajstić information content (AvgIpc) is 2.73. The number of amides is 1. The SMILES string of the molecule is COc1cc(C=NNC(=O)c2ccc(O)cc2O)ccc1OCc1ccc(Cl)cc1. The molecule has 0 fully saturated rings. The van der Waals surface area contributed by atoms with Crippen LogP contribution in [0.1, 0.15) is 21.5 Å². The quantitative estimate of drug-likeness (QED) is 0.390. The van der Waals surface area contributed by atoms with Crippen LogP contribution in [0.25, 0.3) is 0 Å². The van der Waals surface area contributed by atoms with Gasteiger partial charge in [0.1, 0.15) is 18.1 Å². The molecule has 0 aliphatic rings. The Hall–Kier alpha value is -3.71. The Labute approximate surface area is 178 Å². The molecule has 3 N–H and O–H groups in total. The second-order valence-electron chi connectivity index (χ2n) is 6.23. The lowest BCUT2D eigenvalue weighted by Gasteiger charge is -2.11. The van der Waals surface area contributed by atoms with Gasteiger partial charge < -0.3 is 19.7 Å². The standard InChI is InChI=1S/C22H19ClN2O5/c1-29-21-10-15(4-9-20(21)30-13-14-2-5-16(23)6-3-14)12-24-25-22(28)18-8-7-17(26)11-19(18)27/h2-12,26-27H,13H2,1H3,(H,25,28). The van der Waals surface area contributed by atoms with Gasteiger partial charge in [-0.05, 0) is 53.6 Å². The zero-order valence-corrected chi connectivity index (χ0v) is 16.8. The van der Waals surface area contributed by atoms with E-state index in [1.807, 2.05) is 12.1 Å². The number of benzene rings is 3. The maximum atomic E-state index is 12.1. The van der Waals surface area contributed by atoms with Gasteiger partial charge in [-0.3, -0.25) is 4.79 Å². The van der Waals surface area contributed by atoms with E-state index in [0.29, 0.717) is 28.7 Å². The number of ether oxygens (including phenoxy) is 2. The van der Waals surface area contributed by atoms with E-state index in [4.69, 9.17) is 21.1 Å². The molecule has 0 aromatic heterocycles. The average molecular weight is 427 g/mol. The Morgan fingerprint density at radius 1 is 1.07 bits per heavy atom. The van der Waals surface area contributed by atoms with Crippen LogP contribution in [0.15, 0.2) is 65.8 Å². The summed E-state index contributed by atoms with van der Waals surface area (Å²) in [7, 11) is 1.53. The van der Waals surface area contributed by atoms with Crippen molar-refractivity contribution in [2.75, 3.05) is 7.11 Å². The van der Waals surface area contributed by atoms with Crippen molar-refractivity contribution in [1.82, 2.24) is 5.43 Å². The van der Waals surface area contributed by atoms with Crippen LogP contribution in [0.4, 0.5) is 0 Å². The zero-order valence-electron chi connectivity index (χ0n) is 16.0. The van der Waals surface area contributed by atoms with Crippen LogP contribution in [0.2, 0.25) is 5.02 Å². The van der Waals surface area contributed by atoms with Crippen molar-refractivity contribution >= 4 is 23.7 Å². The molecule has 3 rings (SSSR count). The van der Waals surface area contributed by atoms with E-state index in [-0.39, 0.29) is 17.1 Å². The Kier molecular flexibility index (Phi) is 6.77. The van der Waals surface area contributed by atoms with Crippen LogP contribution in [-0.4, -0.2) is 29.4 Å². The van der Waals surface area contributed by atoms with Gasteiger partial charge >= 0.3 is 0 Å². The monoisotopic (exact) mass is 426 g/mol. The minimum Gasteiger partial charge on any atom is -0.508 e. The molecule has 0 saturated carbocycles. The minimum atomic E-state index is -0.612. The van der Waals surface area contributed by atoms with Crippen LogP contribution >= 0.6 is 11.6 Å². The molecule has 0 radical (unpaired) electrons. The predicted octanol–water partition coefficient (Wildman–Crippen LogP) is 4.10. The number of phenols is 2. The molecule has 0 spiro atoms. The van der Waals surface area contributed by atoms with E-state index in [0.717, 1.165) is 11.6 Å². The number of hydrazone groups is 1. The van der Waals surface area contributed by atoms with Crippen molar-refractivity contribution in [1.29, 1.82) is 0 Å². The lowest BCUT2D eigenvalue weighted by Crippen LogP contribution is -2.17. The number of carbonyl (C=O) groups is 1. The summed E-state index contributed by atoms with van der Waals surface area (Å²) in [6.45, 7) is 0.354. The highest BCUT2D eigenvalue weighted by Crippen LogP contribution is 2.28. The fourth-order valence-corrected chi connectivity index (χ4v) is 2.69. The number of rotatable bonds is 7. The number of nitrogens with one attached hydrogen (secondary N) is 1. The summed E-state index contributed by atoms with van der Waals surface area (Å²) in [5.41, 5.74) is 3.94. The van der Waals surface area contributed by atoms with E-state index in [1.54, 1.807) is 30.3 Å². The van der Waals surface area contributed by atoms with Gasteiger partial charge in [-0.15, -0.1) is 0 Å². The maximum Gasteiger partial charge on any atom is 0.275 e. The molecule has 30 heavy (non-hydrogen) atoms. The van der Waals surface area contributed by atoms with Crippen LogP contribution in [-0.2, 0) is 6.61 Å². The molecule has 0 heterocycles. The van der Waals surface area contributed by atoms with Crippen molar-refractivity contribution in [3.05, 3.63) is 82.4 Å². The summed E-state index contributed by atoms with van der Waals surface area (Å²) in [6.07, 6.45) is 1.43. The van der Waals surface area contributed by atoms with Crippen molar-refractivity contribution in [2.24, 2.45) is 5.10 Å². The molecule has 0 aliphatic heterocycles. The van der Waals surface area contributed by atoms with Gasteiger partial charge in [0.15, 0.2) is 11.5 Å². The smallest absolute Gasteiger partial charge is 0.275 e. The number of phenolic OH excluding ortho intramolecular Hbond substituents is 2. The number of halogens is 1. The first-order valence-electron chi connectivity index (χ1n) is 8.87. The maximum absolute atomic E-state index is 12.1. The lowest BCUT2D eigenvalue weighted by molar-refractivity contribution is 0.0952.